The third kappa shape index (κ3) is 6.81. The zero-order valence-electron chi connectivity index (χ0n) is 21.0. The van der Waals surface area contributed by atoms with Crippen molar-refractivity contribution in [3.63, 3.8) is 0 Å². The Morgan fingerprint density at radius 2 is 1.82 bits per heavy atom. The van der Waals surface area contributed by atoms with E-state index in [1.165, 1.54) is 18.2 Å². The molecule has 1 heterocycles. The minimum atomic E-state index is -1.18. The fourth-order valence-electron chi connectivity index (χ4n) is 4.46. The van der Waals surface area contributed by atoms with Crippen molar-refractivity contribution in [1.29, 1.82) is 0 Å². The molecule has 1 aromatic heterocycles. The molecule has 1 aliphatic carbocycles. The summed E-state index contributed by atoms with van der Waals surface area (Å²) in [6.07, 6.45) is -0.829. The van der Waals surface area contributed by atoms with E-state index < -0.39 is 36.3 Å². The Morgan fingerprint density at radius 1 is 1.11 bits per heavy atom. The molecule has 202 valence electrons. The summed E-state index contributed by atoms with van der Waals surface area (Å²) in [7, 11) is 0. The van der Waals surface area contributed by atoms with Gasteiger partial charge in [-0.3, -0.25) is 9.59 Å². The first-order valence-corrected chi connectivity index (χ1v) is 12.6. The number of carboxylic acid groups (broad SMARTS) is 1. The number of aliphatic hydroxyl groups excluding tert-OH is 2. The summed E-state index contributed by atoms with van der Waals surface area (Å²) >= 11 is 0. The predicted molar refractivity (Wildman–Crippen MR) is 135 cm³/mol. The standard InChI is InChI=1S/C28H31F2N3O5/c1-16-2-3-17(12-23(16)30)15-31-28(38)25-26(18-4-5-18)33(11-10-21(34)13-22(35)14-24(36)37)27(32-25)19-6-8-20(29)9-7-19/h2-3,6-9,12,18,21-22,34-35H,4-5,10-11,13-15H2,1H3,(H,31,38)(H,36,37)/t21-,22-/m1/s1. The zero-order valence-corrected chi connectivity index (χ0v) is 21.0. The van der Waals surface area contributed by atoms with Gasteiger partial charge >= 0.3 is 5.97 Å². The van der Waals surface area contributed by atoms with Gasteiger partial charge in [0.25, 0.3) is 5.91 Å². The van der Waals surface area contributed by atoms with Crippen LogP contribution < -0.4 is 5.32 Å². The molecule has 10 heteroatoms. The van der Waals surface area contributed by atoms with Gasteiger partial charge in [-0.15, -0.1) is 0 Å². The van der Waals surface area contributed by atoms with Crippen LogP contribution in [0.25, 0.3) is 11.4 Å². The van der Waals surface area contributed by atoms with Crippen LogP contribution in [0.4, 0.5) is 8.78 Å². The molecule has 38 heavy (non-hydrogen) atoms. The number of amides is 1. The molecule has 4 rings (SSSR count). The lowest BCUT2D eigenvalue weighted by atomic mass is 10.1. The predicted octanol–water partition coefficient (Wildman–Crippen LogP) is 3.92. The van der Waals surface area contributed by atoms with Crippen LogP contribution in [0.2, 0.25) is 0 Å². The Labute approximate surface area is 219 Å². The summed E-state index contributed by atoms with van der Waals surface area (Å²) in [5.74, 6) is -1.82. The monoisotopic (exact) mass is 527 g/mol. The number of hydrogen-bond donors (Lipinski definition) is 4. The fourth-order valence-corrected chi connectivity index (χ4v) is 4.46. The van der Waals surface area contributed by atoms with Crippen molar-refractivity contribution in [3.05, 3.63) is 76.6 Å². The van der Waals surface area contributed by atoms with Crippen molar-refractivity contribution in [2.75, 3.05) is 0 Å². The minimum Gasteiger partial charge on any atom is -0.481 e. The molecule has 8 nitrogen and oxygen atoms in total. The second-order valence-corrected chi connectivity index (χ2v) is 9.80. The van der Waals surface area contributed by atoms with Crippen LogP contribution in [0.5, 0.6) is 0 Å². The highest BCUT2D eigenvalue weighted by molar-refractivity contribution is 5.94. The van der Waals surface area contributed by atoms with E-state index in [0.29, 0.717) is 28.2 Å². The average Bonchev–Trinajstić information content (AvgIpc) is 3.63. The van der Waals surface area contributed by atoms with Crippen LogP contribution in [0, 0.1) is 18.6 Å². The smallest absolute Gasteiger partial charge is 0.305 e. The van der Waals surface area contributed by atoms with Crippen LogP contribution in [0.1, 0.15) is 65.3 Å². The molecule has 2 aromatic carbocycles. The fraction of sp³-hybridized carbons (Fsp3) is 0.393. The van der Waals surface area contributed by atoms with Gasteiger partial charge in [0.2, 0.25) is 0 Å². The van der Waals surface area contributed by atoms with Crippen LogP contribution in [0.3, 0.4) is 0 Å². The van der Waals surface area contributed by atoms with E-state index >= 15 is 0 Å². The van der Waals surface area contributed by atoms with E-state index in [1.807, 2.05) is 4.57 Å². The number of carboxylic acids is 1. The number of halogens is 2. The Morgan fingerprint density at radius 3 is 2.45 bits per heavy atom. The van der Waals surface area contributed by atoms with E-state index in [4.69, 9.17) is 5.11 Å². The molecule has 1 amide bonds. The normalized spacial score (nSPS) is 14.8. The lowest BCUT2D eigenvalue weighted by Gasteiger charge is -2.17. The molecular weight excluding hydrogens is 496 g/mol. The van der Waals surface area contributed by atoms with Gasteiger partial charge in [-0.2, -0.15) is 0 Å². The number of hydrogen-bond acceptors (Lipinski definition) is 5. The number of rotatable bonds is 12. The molecule has 2 atom stereocenters. The number of aryl methyl sites for hydroxylation is 1. The Kier molecular flexibility index (Phi) is 8.53. The molecule has 1 fully saturated rings. The Hall–Kier alpha value is -3.63. The molecule has 0 bridgehead atoms. The second kappa shape index (κ2) is 11.8. The molecule has 0 unspecified atom stereocenters. The van der Waals surface area contributed by atoms with Crippen molar-refractivity contribution >= 4 is 11.9 Å². The highest BCUT2D eigenvalue weighted by atomic mass is 19.1. The van der Waals surface area contributed by atoms with Gasteiger partial charge < -0.3 is 25.2 Å². The molecule has 0 aliphatic heterocycles. The van der Waals surface area contributed by atoms with Crippen molar-refractivity contribution in [2.24, 2.45) is 0 Å². The lowest BCUT2D eigenvalue weighted by Crippen LogP contribution is -2.25. The maximum absolute atomic E-state index is 13.9. The second-order valence-electron chi connectivity index (χ2n) is 9.80. The summed E-state index contributed by atoms with van der Waals surface area (Å²) < 4.78 is 29.4. The van der Waals surface area contributed by atoms with E-state index in [0.717, 1.165) is 12.8 Å². The number of nitrogens with one attached hydrogen (secondary N) is 1. The first-order valence-electron chi connectivity index (χ1n) is 12.6. The molecule has 0 radical (unpaired) electrons. The van der Waals surface area contributed by atoms with Crippen LogP contribution >= 0.6 is 0 Å². The van der Waals surface area contributed by atoms with Crippen molar-refractivity contribution < 1.29 is 33.7 Å². The maximum Gasteiger partial charge on any atom is 0.305 e. The zero-order chi connectivity index (χ0) is 27.4. The molecule has 0 saturated heterocycles. The number of nitrogens with zero attached hydrogens (tertiary/aromatic N) is 2. The maximum atomic E-state index is 13.9. The number of imidazole rings is 1. The summed E-state index contributed by atoms with van der Waals surface area (Å²) in [6.45, 7) is 2.02. The Bertz CT molecular complexity index is 1300. The summed E-state index contributed by atoms with van der Waals surface area (Å²) in [6, 6.07) is 10.5. The van der Waals surface area contributed by atoms with Crippen molar-refractivity contribution in [2.45, 2.75) is 70.2 Å². The number of benzene rings is 2. The van der Waals surface area contributed by atoms with Gasteiger partial charge in [-0.25, -0.2) is 13.8 Å². The number of aliphatic hydroxyl groups is 2. The van der Waals surface area contributed by atoms with Crippen LogP contribution in [0.15, 0.2) is 42.5 Å². The van der Waals surface area contributed by atoms with Crippen molar-refractivity contribution in [3.8, 4) is 11.4 Å². The third-order valence-corrected chi connectivity index (χ3v) is 6.62. The molecular formula is C28H31F2N3O5. The number of carbonyl (C=O) groups is 2. The van der Waals surface area contributed by atoms with E-state index in [2.05, 4.69) is 10.3 Å². The van der Waals surface area contributed by atoms with Crippen molar-refractivity contribution in [1.82, 2.24) is 14.9 Å². The van der Waals surface area contributed by atoms with Gasteiger partial charge in [0.1, 0.15) is 23.2 Å². The van der Waals surface area contributed by atoms with E-state index in [9.17, 15) is 28.6 Å². The molecule has 1 saturated carbocycles. The van der Waals surface area contributed by atoms with Gasteiger partial charge in [-0.05, 0) is 74.1 Å². The van der Waals surface area contributed by atoms with Gasteiger partial charge in [0.05, 0.1) is 24.3 Å². The largest absolute Gasteiger partial charge is 0.481 e. The summed E-state index contributed by atoms with van der Waals surface area (Å²) in [5.41, 5.74) is 2.63. The average molecular weight is 528 g/mol. The molecule has 4 N–H and O–H groups in total. The van der Waals surface area contributed by atoms with Crippen LogP contribution in [-0.2, 0) is 17.9 Å². The highest BCUT2D eigenvalue weighted by Crippen LogP contribution is 2.43. The molecule has 3 aromatic rings. The Balaban J connectivity index is 1.60. The summed E-state index contributed by atoms with van der Waals surface area (Å²) in [5, 5.41) is 32.0. The number of aromatic nitrogens is 2. The number of carbonyl (C=O) groups excluding carboxylic acids is 1. The highest BCUT2D eigenvalue weighted by Gasteiger charge is 2.35. The van der Waals surface area contributed by atoms with Crippen LogP contribution in [-0.4, -0.2) is 49.0 Å². The third-order valence-electron chi connectivity index (χ3n) is 6.62. The van der Waals surface area contributed by atoms with E-state index in [-0.39, 0.29) is 43.4 Å². The van der Waals surface area contributed by atoms with Gasteiger partial charge in [-0.1, -0.05) is 12.1 Å². The van der Waals surface area contributed by atoms with E-state index in [1.54, 1.807) is 31.2 Å². The first-order chi connectivity index (χ1) is 18.1. The quantitative estimate of drug-likeness (QED) is 0.283. The van der Waals surface area contributed by atoms with Gasteiger partial charge in [0.15, 0.2) is 0 Å². The molecule has 0 spiro atoms. The number of aliphatic carboxylic acids is 1. The summed E-state index contributed by atoms with van der Waals surface area (Å²) in [4.78, 5) is 28.7. The lowest BCUT2D eigenvalue weighted by molar-refractivity contribution is -0.139. The SMILES string of the molecule is Cc1ccc(CNC(=O)c2nc(-c3ccc(F)cc3)n(CC[C@@H](O)C[C@@H](O)CC(=O)O)c2C2CC2)cc1F. The van der Waals surface area contributed by atoms with Gasteiger partial charge in [0, 0.05) is 24.6 Å². The first kappa shape index (κ1) is 27.4. The topological polar surface area (TPSA) is 125 Å². The molecule has 1 aliphatic rings. The minimum absolute atomic E-state index is 0.0870.